The molecule has 0 fully saturated rings. The summed E-state index contributed by atoms with van der Waals surface area (Å²) in [7, 11) is 3.34. The second-order valence-corrected chi connectivity index (χ2v) is 5.22. The van der Waals surface area contributed by atoms with E-state index in [1.165, 1.54) is 0 Å². The zero-order chi connectivity index (χ0) is 17.1. The van der Waals surface area contributed by atoms with Crippen molar-refractivity contribution in [2.45, 2.75) is 0 Å². The second-order valence-electron chi connectivity index (χ2n) is 5.22. The van der Waals surface area contributed by atoms with Gasteiger partial charge in [-0.2, -0.15) is 0 Å². The van der Waals surface area contributed by atoms with Gasteiger partial charge < -0.3 is 24.4 Å². The van der Waals surface area contributed by atoms with Crippen LogP contribution in [-0.4, -0.2) is 30.0 Å². The number of hydrogen-bond acceptors (Lipinski definition) is 4. The molecule has 0 bridgehead atoms. The highest BCUT2D eigenvalue weighted by Gasteiger charge is 2.15. The van der Waals surface area contributed by atoms with Crippen LogP contribution in [-0.2, 0) is 11.8 Å². The summed E-state index contributed by atoms with van der Waals surface area (Å²) >= 11 is 0. The SMILES string of the molecule is COc1ccc(NC(=O)CNC(=O)c2cc3occc3n2C)cc1. The van der Waals surface area contributed by atoms with Crippen molar-refractivity contribution in [2.24, 2.45) is 7.05 Å². The number of aromatic nitrogens is 1. The Balaban J connectivity index is 1.58. The van der Waals surface area contributed by atoms with Gasteiger partial charge in [-0.05, 0) is 24.3 Å². The highest BCUT2D eigenvalue weighted by atomic mass is 16.5. The highest BCUT2D eigenvalue weighted by Crippen LogP contribution is 2.19. The van der Waals surface area contributed by atoms with Crippen LogP contribution in [0, 0.1) is 0 Å². The Morgan fingerprint density at radius 1 is 1.21 bits per heavy atom. The summed E-state index contributed by atoms with van der Waals surface area (Å²) in [5.74, 6) is 0.0505. The molecule has 0 spiro atoms. The van der Waals surface area contributed by atoms with Gasteiger partial charge in [0.2, 0.25) is 5.91 Å². The van der Waals surface area contributed by atoms with Crippen molar-refractivity contribution in [3.63, 3.8) is 0 Å². The fraction of sp³-hybridized carbons (Fsp3) is 0.176. The number of hydrogen-bond donors (Lipinski definition) is 2. The average molecular weight is 327 g/mol. The number of methoxy groups -OCH3 is 1. The third-order valence-electron chi connectivity index (χ3n) is 3.68. The minimum atomic E-state index is -0.339. The van der Waals surface area contributed by atoms with Crippen LogP contribution in [0.1, 0.15) is 10.5 Å². The Kier molecular flexibility index (Phi) is 4.24. The van der Waals surface area contributed by atoms with E-state index in [0.29, 0.717) is 22.7 Å². The standard InChI is InChI=1S/C17H17N3O4/c1-20-13-7-8-24-15(13)9-14(20)17(22)18-10-16(21)19-11-3-5-12(23-2)6-4-11/h3-9H,10H2,1-2H3,(H,18,22)(H,19,21). The number of nitrogens with zero attached hydrogens (tertiary/aromatic N) is 1. The molecule has 0 saturated carbocycles. The molecule has 0 unspecified atom stereocenters. The lowest BCUT2D eigenvalue weighted by atomic mass is 10.3. The molecule has 3 rings (SSSR count). The first-order chi connectivity index (χ1) is 11.6. The van der Waals surface area contributed by atoms with Crippen molar-refractivity contribution in [1.82, 2.24) is 9.88 Å². The van der Waals surface area contributed by atoms with Crippen LogP contribution in [0.5, 0.6) is 5.75 Å². The molecule has 2 N–H and O–H groups in total. The van der Waals surface area contributed by atoms with Crippen LogP contribution in [0.4, 0.5) is 5.69 Å². The summed E-state index contributed by atoms with van der Waals surface area (Å²) in [5.41, 5.74) is 2.51. The molecule has 1 aromatic carbocycles. The molecule has 0 aliphatic rings. The zero-order valence-electron chi connectivity index (χ0n) is 13.3. The minimum absolute atomic E-state index is 0.128. The van der Waals surface area contributed by atoms with Gasteiger partial charge in [-0.1, -0.05) is 0 Å². The number of carbonyl (C=O) groups excluding carboxylic acids is 2. The first kappa shape index (κ1) is 15.7. The predicted octanol–water partition coefficient (Wildman–Crippen LogP) is 2.15. The number of fused-ring (bicyclic) bond motifs is 1. The van der Waals surface area contributed by atoms with Crippen molar-refractivity contribution in [3.8, 4) is 5.75 Å². The van der Waals surface area contributed by atoms with Crippen molar-refractivity contribution < 1.29 is 18.7 Å². The van der Waals surface area contributed by atoms with Crippen LogP contribution < -0.4 is 15.4 Å². The lowest BCUT2D eigenvalue weighted by molar-refractivity contribution is -0.115. The fourth-order valence-electron chi connectivity index (χ4n) is 2.40. The van der Waals surface area contributed by atoms with Gasteiger partial charge in [0, 0.05) is 24.9 Å². The number of ether oxygens (including phenoxy) is 1. The molecule has 24 heavy (non-hydrogen) atoms. The van der Waals surface area contributed by atoms with E-state index in [4.69, 9.17) is 9.15 Å². The van der Waals surface area contributed by atoms with Crippen LogP contribution in [0.2, 0.25) is 0 Å². The first-order valence-corrected chi connectivity index (χ1v) is 7.33. The molecular formula is C17H17N3O4. The number of carbonyl (C=O) groups is 2. The smallest absolute Gasteiger partial charge is 0.268 e. The molecule has 0 saturated heterocycles. The van der Waals surface area contributed by atoms with E-state index in [1.807, 2.05) is 0 Å². The number of nitrogens with one attached hydrogen (secondary N) is 2. The van der Waals surface area contributed by atoms with Gasteiger partial charge >= 0.3 is 0 Å². The summed E-state index contributed by atoms with van der Waals surface area (Å²) < 4.78 is 12.0. The lowest BCUT2D eigenvalue weighted by Gasteiger charge is -2.08. The average Bonchev–Trinajstić information content (AvgIpc) is 3.17. The van der Waals surface area contributed by atoms with Gasteiger partial charge in [-0.15, -0.1) is 0 Å². The Morgan fingerprint density at radius 2 is 1.96 bits per heavy atom. The van der Waals surface area contributed by atoms with Crippen LogP contribution in [0.25, 0.3) is 11.1 Å². The number of anilines is 1. The maximum absolute atomic E-state index is 12.2. The molecule has 0 radical (unpaired) electrons. The maximum Gasteiger partial charge on any atom is 0.268 e. The number of rotatable bonds is 5. The molecule has 7 nitrogen and oxygen atoms in total. The molecule has 2 aromatic heterocycles. The Hall–Kier alpha value is -3.22. The Morgan fingerprint density at radius 3 is 2.62 bits per heavy atom. The first-order valence-electron chi connectivity index (χ1n) is 7.33. The largest absolute Gasteiger partial charge is 0.497 e. The van der Waals surface area contributed by atoms with E-state index in [0.717, 1.165) is 5.52 Å². The van der Waals surface area contributed by atoms with Crippen molar-refractivity contribution in [2.75, 3.05) is 19.0 Å². The topological polar surface area (TPSA) is 85.5 Å². The summed E-state index contributed by atoms with van der Waals surface area (Å²) in [4.78, 5) is 24.1. The lowest BCUT2D eigenvalue weighted by Crippen LogP contribution is -2.33. The van der Waals surface area contributed by atoms with Crippen LogP contribution in [0.15, 0.2) is 47.1 Å². The summed E-state index contributed by atoms with van der Waals surface area (Å²) in [6.07, 6.45) is 1.56. The van der Waals surface area contributed by atoms with Crippen LogP contribution >= 0.6 is 0 Å². The van der Waals surface area contributed by atoms with Gasteiger partial charge in [-0.25, -0.2) is 0 Å². The summed E-state index contributed by atoms with van der Waals surface area (Å²) in [6, 6.07) is 10.4. The van der Waals surface area contributed by atoms with Gasteiger partial charge in [0.15, 0.2) is 5.58 Å². The van der Waals surface area contributed by atoms with Gasteiger partial charge in [0.25, 0.3) is 5.91 Å². The van der Waals surface area contributed by atoms with Gasteiger partial charge in [0.1, 0.15) is 11.4 Å². The molecule has 0 aliphatic carbocycles. The van der Waals surface area contributed by atoms with E-state index in [1.54, 1.807) is 61.4 Å². The van der Waals surface area contributed by atoms with Crippen molar-refractivity contribution in [3.05, 3.63) is 48.4 Å². The van der Waals surface area contributed by atoms with Gasteiger partial charge in [0.05, 0.1) is 25.4 Å². The van der Waals surface area contributed by atoms with E-state index >= 15 is 0 Å². The van der Waals surface area contributed by atoms with E-state index < -0.39 is 0 Å². The quantitative estimate of drug-likeness (QED) is 0.752. The molecule has 124 valence electrons. The molecule has 3 aromatic rings. The van der Waals surface area contributed by atoms with Gasteiger partial charge in [-0.3, -0.25) is 9.59 Å². The summed E-state index contributed by atoms with van der Waals surface area (Å²) in [6.45, 7) is -0.128. The third kappa shape index (κ3) is 3.10. The fourth-order valence-corrected chi connectivity index (χ4v) is 2.40. The molecule has 7 heteroatoms. The van der Waals surface area contributed by atoms with E-state index in [2.05, 4.69) is 10.6 Å². The van der Waals surface area contributed by atoms with Crippen molar-refractivity contribution >= 4 is 28.6 Å². The highest BCUT2D eigenvalue weighted by molar-refractivity contribution is 6.00. The Bertz CT molecular complexity index is 877. The molecule has 0 aliphatic heterocycles. The number of amides is 2. The number of aryl methyl sites for hydroxylation is 1. The predicted molar refractivity (Wildman–Crippen MR) is 89.1 cm³/mol. The third-order valence-corrected chi connectivity index (χ3v) is 3.68. The summed E-state index contributed by atoms with van der Waals surface area (Å²) in [5, 5.41) is 5.30. The molecule has 2 amide bonds. The Labute approximate surface area is 138 Å². The monoisotopic (exact) mass is 327 g/mol. The zero-order valence-corrected chi connectivity index (χ0v) is 13.3. The molecular weight excluding hydrogens is 310 g/mol. The van der Waals surface area contributed by atoms with Crippen molar-refractivity contribution in [1.29, 1.82) is 0 Å². The minimum Gasteiger partial charge on any atom is -0.497 e. The maximum atomic E-state index is 12.2. The molecule has 2 heterocycles. The van der Waals surface area contributed by atoms with Crippen LogP contribution in [0.3, 0.4) is 0 Å². The van der Waals surface area contributed by atoms with E-state index in [9.17, 15) is 9.59 Å². The normalized spacial score (nSPS) is 10.6. The number of benzene rings is 1. The number of furan rings is 1. The molecule has 0 atom stereocenters. The second kappa shape index (κ2) is 6.49. The van der Waals surface area contributed by atoms with E-state index in [-0.39, 0.29) is 18.4 Å².